The van der Waals surface area contributed by atoms with E-state index in [4.69, 9.17) is 5.73 Å². The summed E-state index contributed by atoms with van der Waals surface area (Å²) in [5.74, 6) is -0.589. The summed E-state index contributed by atoms with van der Waals surface area (Å²) in [6.07, 6.45) is 20.4. The van der Waals surface area contributed by atoms with Gasteiger partial charge in [0.2, 0.25) is 5.91 Å². The smallest absolute Gasteiger partial charge is 0.250 e. The van der Waals surface area contributed by atoms with E-state index in [9.17, 15) is 14.4 Å². The SMILES string of the molecule is NC(=O)c1c2c3c4c5c6c(cc7cc8c9c%10c%11c%12c%13c(c1c4c%12c6c7%10)C(C=O)=CCC=%13CC=%11CC=9CC=C8)=CCC=5CC=3CC1=C2C(=O)C=CC1. The topological polar surface area (TPSA) is 77.2 Å². The second-order valence-corrected chi connectivity index (χ2v) is 16.1. The van der Waals surface area contributed by atoms with Gasteiger partial charge < -0.3 is 5.73 Å². The van der Waals surface area contributed by atoms with Gasteiger partial charge in [0.05, 0.1) is 5.56 Å². The maximum atomic E-state index is 14.3. The van der Waals surface area contributed by atoms with Crippen molar-refractivity contribution in [1.29, 1.82) is 0 Å². The van der Waals surface area contributed by atoms with Gasteiger partial charge in [-0.2, -0.15) is 0 Å². The van der Waals surface area contributed by atoms with Crippen molar-refractivity contribution in [2.24, 2.45) is 5.73 Å². The molecule has 238 valence electrons. The lowest BCUT2D eigenvalue weighted by atomic mass is 9.67. The molecule has 8 aliphatic rings. The first kappa shape index (κ1) is 26.0. The van der Waals surface area contributed by atoms with Crippen LogP contribution in [-0.2, 0) is 9.59 Å². The van der Waals surface area contributed by atoms with Crippen LogP contribution in [0.25, 0.3) is 105 Å². The van der Waals surface area contributed by atoms with E-state index in [1.54, 1.807) is 6.08 Å². The molecular formula is C47H27NO3. The molecule has 1 amide bonds. The molecule has 0 aliphatic heterocycles. The summed E-state index contributed by atoms with van der Waals surface area (Å²) < 4.78 is 0. The number of nitrogens with two attached hydrogens (primary N) is 1. The Morgan fingerprint density at radius 2 is 1.22 bits per heavy atom. The molecule has 0 atom stereocenters. The number of aldehydes is 1. The second-order valence-electron chi connectivity index (χ2n) is 16.1. The molecule has 4 nitrogen and oxygen atoms in total. The zero-order valence-electron chi connectivity index (χ0n) is 27.7. The Morgan fingerprint density at radius 3 is 2.04 bits per heavy atom. The van der Waals surface area contributed by atoms with Crippen LogP contribution < -0.4 is 37.0 Å². The van der Waals surface area contributed by atoms with Crippen LogP contribution in [0.3, 0.4) is 0 Å². The molecule has 8 aliphatic carbocycles. The van der Waals surface area contributed by atoms with Crippen molar-refractivity contribution in [3.8, 4) is 0 Å². The summed E-state index contributed by atoms with van der Waals surface area (Å²) in [6, 6.07) is 4.85. The third-order valence-electron chi connectivity index (χ3n) is 13.9. The number of carbonyl (C=O) groups is 3. The van der Waals surface area contributed by atoms with Gasteiger partial charge in [-0.25, -0.2) is 0 Å². The molecule has 14 rings (SSSR count). The Morgan fingerprint density at radius 1 is 0.588 bits per heavy atom. The molecule has 0 fully saturated rings. The van der Waals surface area contributed by atoms with Gasteiger partial charge in [0.25, 0.3) is 0 Å². The van der Waals surface area contributed by atoms with Crippen molar-refractivity contribution in [3.05, 3.63) is 95.6 Å². The first-order valence-electron chi connectivity index (χ1n) is 18.3. The van der Waals surface area contributed by atoms with E-state index in [1.165, 1.54) is 97.4 Å². The lowest BCUT2D eigenvalue weighted by Gasteiger charge is -2.35. The van der Waals surface area contributed by atoms with Gasteiger partial charge in [0.1, 0.15) is 6.29 Å². The molecular weight excluding hydrogens is 627 g/mol. The van der Waals surface area contributed by atoms with E-state index in [0.717, 1.165) is 77.2 Å². The van der Waals surface area contributed by atoms with Gasteiger partial charge in [0, 0.05) is 33.0 Å². The highest BCUT2D eigenvalue weighted by Crippen LogP contribution is 2.49. The van der Waals surface area contributed by atoms with E-state index in [0.29, 0.717) is 35.1 Å². The molecule has 4 heteroatoms. The van der Waals surface area contributed by atoms with E-state index < -0.39 is 5.91 Å². The zero-order chi connectivity index (χ0) is 33.3. The van der Waals surface area contributed by atoms with Crippen LogP contribution in [0.5, 0.6) is 0 Å². The van der Waals surface area contributed by atoms with Crippen molar-refractivity contribution < 1.29 is 14.4 Å². The number of amides is 1. The third-order valence-corrected chi connectivity index (χ3v) is 13.9. The summed E-state index contributed by atoms with van der Waals surface area (Å²) in [6.45, 7) is 0. The molecule has 0 saturated carbocycles. The molecule has 0 saturated heterocycles. The van der Waals surface area contributed by atoms with E-state index in [1.807, 2.05) is 6.08 Å². The fourth-order valence-electron chi connectivity index (χ4n) is 12.4. The number of ketones is 1. The Labute approximate surface area is 289 Å². The van der Waals surface area contributed by atoms with Crippen LogP contribution in [-0.4, -0.2) is 18.0 Å². The van der Waals surface area contributed by atoms with E-state index in [2.05, 4.69) is 36.4 Å². The summed E-state index contributed by atoms with van der Waals surface area (Å²) in [4.78, 5) is 41.5. The van der Waals surface area contributed by atoms with Crippen LogP contribution in [0.2, 0.25) is 0 Å². The monoisotopic (exact) mass is 653 g/mol. The average molecular weight is 654 g/mol. The number of primary amides is 1. The van der Waals surface area contributed by atoms with Crippen LogP contribution in [0.15, 0.2) is 42.0 Å². The second kappa shape index (κ2) is 8.03. The minimum absolute atomic E-state index is 0.0564. The highest BCUT2D eigenvalue weighted by Gasteiger charge is 2.39. The number of rotatable bonds is 2. The van der Waals surface area contributed by atoms with Gasteiger partial charge in [-0.05, 0) is 150 Å². The van der Waals surface area contributed by atoms with E-state index in [-0.39, 0.29) is 5.78 Å². The quantitative estimate of drug-likeness (QED) is 0.168. The molecule has 0 heterocycles. The van der Waals surface area contributed by atoms with Crippen molar-refractivity contribution in [2.45, 2.75) is 51.4 Å². The lowest BCUT2D eigenvalue weighted by molar-refractivity contribution is -0.109. The van der Waals surface area contributed by atoms with Gasteiger partial charge in [-0.3, -0.25) is 14.4 Å². The summed E-state index contributed by atoms with van der Waals surface area (Å²) in [5.41, 5.74) is 19.2. The molecule has 2 N–H and O–H groups in total. The fraction of sp³-hybridized carbons (Fsp3) is 0.170. The number of hydrogen-bond acceptors (Lipinski definition) is 3. The predicted octanol–water partition coefficient (Wildman–Crippen LogP) is 4.67. The Balaban J connectivity index is 1.44. The maximum absolute atomic E-state index is 14.3. The average Bonchev–Trinajstić information content (AvgIpc) is 3.13. The summed E-state index contributed by atoms with van der Waals surface area (Å²) in [5, 5.41) is 19.6. The minimum atomic E-state index is -0.532. The Bertz CT molecular complexity index is 3560. The van der Waals surface area contributed by atoms with Gasteiger partial charge in [-0.1, -0.05) is 63.8 Å². The molecule has 0 radical (unpaired) electrons. The summed E-state index contributed by atoms with van der Waals surface area (Å²) >= 11 is 0. The fourth-order valence-corrected chi connectivity index (χ4v) is 12.4. The van der Waals surface area contributed by atoms with Crippen LogP contribution in [0, 0.1) is 0 Å². The number of benzene rings is 6. The van der Waals surface area contributed by atoms with Crippen LogP contribution in [0.1, 0.15) is 78.4 Å². The van der Waals surface area contributed by atoms with Crippen LogP contribution >= 0.6 is 0 Å². The van der Waals surface area contributed by atoms with Crippen molar-refractivity contribution in [3.63, 3.8) is 0 Å². The first-order chi connectivity index (χ1) is 25.0. The number of allylic oxidation sites excluding steroid dienone is 7. The third kappa shape index (κ3) is 2.58. The normalized spacial score (nSPS) is 20.0. The highest BCUT2D eigenvalue weighted by molar-refractivity contribution is 6.43. The predicted molar refractivity (Wildman–Crippen MR) is 205 cm³/mol. The minimum Gasteiger partial charge on any atom is -0.366 e. The van der Waals surface area contributed by atoms with E-state index >= 15 is 0 Å². The standard InChI is InChI=1S/C47H27NO3/c48-47(51)46-39-30-20(5-2-6-28(30)50)13-27-15-22-8-7-21-14-25-11-18-3-1-4-19-12-26-16-23-9-10-24(17-49)34-33(23)42-36(26)38(29(18)19)35(25)40-31(21)32(22)41(37(27)39)45(43(34)46)44(40)42/h1-3,6-7,10-11,14,17H,4-5,8-9,12-13,15-16H2,(H2,48,51). The van der Waals surface area contributed by atoms with Crippen molar-refractivity contribution in [1.82, 2.24) is 0 Å². The molecule has 0 spiro atoms. The molecule has 0 unspecified atom stereocenters. The van der Waals surface area contributed by atoms with Gasteiger partial charge >= 0.3 is 0 Å². The summed E-state index contributed by atoms with van der Waals surface area (Å²) in [7, 11) is 0. The molecule has 6 aromatic carbocycles. The van der Waals surface area contributed by atoms with Gasteiger partial charge in [-0.15, -0.1) is 0 Å². The number of fused-ring (bicyclic) bond motifs is 2. The van der Waals surface area contributed by atoms with Crippen LogP contribution in [0.4, 0.5) is 0 Å². The first-order valence-corrected chi connectivity index (χ1v) is 18.3. The largest absolute Gasteiger partial charge is 0.366 e. The number of carbonyl (C=O) groups excluding carboxylic acids is 3. The zero-order valence-corrected chi connectivity index (χ0v) is 27.7. The van der Waals surface area contributed by atoms with Crippen molar-refractivity contribution >= 4 is 123 Å². The Hall–Kier alpha value is -5.87. The van der Waals surface area contributed by atoms with Crippen molar-refractivity contribution in [2.75, 3.05) is 0 Å². The van der Waals surface area contributed by atoms with Gasteiger partial charge in [0.15, 0.2) is 5.78 Å². The lowest BCUT2D eigenvalue weighted by Crippen LogP contribution is -2.39. The molecule has 0 aromatic heterocycles. The highest BCUT2D eigenvalue weighted by atomic mass is 16.1. The molecule has 6 aromatic rings. The molecule has 51 heavy (non-hydrogen) atoms. The Kier molecular flexibility index (Phi) is 4.09. The number of hydrogen-bond donors (Lipinski definition) is 1. The molecule has 0 bridgehead atoms. The maximum Gasteiger partial charge on any atom is 0.250 e.